The summed E-state index contributed by atoms with van der Waals surface area (Å²) in [4.78, 5) is 0. The lowest BCUT2D eigenvalue weighted by Crippen LogP contribution is -2.38. The van der Waals surface area contributed by atoms with Gasteiger partial charge in [0.2, 0.25) is 0 Å². The summed E-state index contributed by atoms with van der Waals surface area (Å²) in [6.45, 7) is 9.14. The van der Waals surface area contributed by atoms with E-state index in [-0.39, 0.29) is 0 Å². The van der Waals surface area contributed by atoms with E-state index in [4.69, 9.17) is 4.74 Å². The van der Waals surface area contributed by atoms with E-state index < -0.39 is 5.79 Å². The molecule has 0 aromatic heterocycles. The molecule has 0 bridgehead atoms. The van der Waals surface area contributed by atoms with Gasteiger partial charge in [0, 0.05) is 5.92 Å². The van der Waals surface area contributed by atoms with E-state index in [1.54, 1.807) is 0 Å². The maximum absolute atomic E-state index is 10.6. The number of hydrogen-bond acceptors (Lipinski definition) is 2. The molecule has 0 aliphatic carbocycles. The molecular weight excluding hydrogens is 236 g/mol. The average Bonchev–Trinajstić information content (AvgIpc) is 2.38. The Morgan fingerprint density at radius 1 is 0.842 bits per heavy atom. The fourth-order valence-corrected chi connectivity index (χ4v) is 2.49. The van der Waals surface area contributed by atoms with Crippen molar-refractivity contribution in [3.63, 3.8) is 0 Å². The number of ether oxygens (including phenoxy) is 1. The smallest absolute Gasteiger partial charge is 0.165 e. The topological polar surface area (TPSA) is 29.5 Å². The van der Waals surface area contributed by atoms with Crippen LogP contribution in [0.5, 0.6) is 0 Å². The minimum Gasteiger partial charge on any atom is -0.365 e. The molecule has 0 heterocycles. The highest BCUT2D eigenvalue weighted by molar-refractivity contribution is 4.74. The third kappa shape index (κ3) is 9.45. The van der Waals surface area contributed by atoms with E-state index in [9.17, 15) is 5.11 Å². The Kier molecular flexibility index (Phi) is 11.7. The summed E-state index contributed by atoms with van der Waals surface area (Å²) >= 11 is 0. The largest absolute Gasteiger partial charge is 0.365 e. The van der Waals surface area contributed by atoms with Crippen molar-refractivity contribution in [1.29, 1.82) is 0 Å². The van der Waals surface area contributed by atoms with Crippen molar-refractivity contribution in [2.24, 2.45) is 5.92 Å². The standard InChI is InChI=1S/C17H36O2/c1-5-8-11-12-14-16(13-9-6-2)17(4,18)19-15-10-7-3/h16,18H,5-15H2,1-4H3. The molecule has 2 nitrogen and oxygen atoms in total. The lowest BCUT2D eigenvalue weighted by molar-refractivity contribution is -0.227. The Hall–Kier alpha value is -0.0800. The molecule has 2 heteroatoms. The lowest BCUT2D eigenvalue weighted by atomic mass is 9.88. The highest BCUT2D eigenvalue weighted by Crippen LogP contribution is 2.29. The van der Waals surface area contributed by atoms with Crippen molar-refractivity contribution in [2.75, 3.05) is 6.61 Å². The first-order valence-electron chi connectivity index (χ1n) is 8.44. The van der Waals surface area contributed by atoms with Crippen LogP contribution in [0.3, 0.4) is 0 Å². The van der Waals surface area contributed by atoms with Gasteiger partial charge in [-0.1, -0.05) is 65.7 Å². The van der Waals surface area contributed by atoms with Crippen LogP contribution < -0.4 is 0 Å². The van der Waals surface area contributed by atoms with Crippen molar-refractivity contribution in [2.45, 2.75) is 97.7 Å². The van der Waals surface area contributed by atoms with Gasteiger partial charge in [-0.15, -0.1) is 0 Å². The van der Waals surface area contributed by atoms with Crippen LogP contribution in [0.25, 0.3) is 0 Å². The molecule has 0 aliphatic rings. The minimum atomic E-state index is -0.934. The number of rotatable bonds is 13. The van der Waals surface area contributed by atoms with Gasteiger partial charge >= 0.3 is 0 Å². The molecule has 0 aromatic rings. The summed E-state index contributed by atoms with van der Waals surface area (Å²) in [5.41, 5.74) is 0. The third-order valence-electron chi connectivity index (χ3n) is 3.96. The van der Waals surface area contributed by atoms with E-state index >= 15 is 0 Å². The second-order valence-electron chi connectivity index (χ2n) is 5.95. The van der Waals surface area contributed by atoms with Crippen LogP contribution in [0, 0.1) is 5.92 Å². The average molecular weight is 272 g/mol. The Balaban J connectivity index is 4.18. The predicted molar refractivity (Wildman–Crippen MR) is 83.3 cm³/mol. The highest BCUT2D eigenvalue weighted by atomic mass is 16.6. The van der Waals surface area contributed by atoms with Gasteiger partial charge in [-0.3, -0.25) is 0 Å². The molecule has 2 unspecified atom stereocenters. The van der Waals surface area contributed by atoms with Crippen molar-refractivity contribution in [1.82, 2.24) is 0 Å². The SMILES string of the molecule is CCCCCCC(CCCC)C(C)(O)OCCCC. The third-order valence-corrected chi connectivity index (χ3v) is 3.96. The zero-order valence-electron chi connectivity index (χ0n) is 13.7. The van der Waals surface area contributed by atoms with Gasteiger partial charge in [-0.25, -0.2) is 0 Å². The van der Waals surface area contributed by atoms with E-state index in [0.717, 1.165) is 25.7 Å². The first-order valence-corrected chi connectivity index (χ1v) is 8.44. The van der Waals surface area contributed by atoms with Crippen LogP contribution in [-0.4, -0.2) is 17.5 Å². The van der Waals surface area contributed by atoms with Crippen molar-refractivity contribution >= 4 is 0 Å². The monoisotopic (exact) mass is 272 g/mol. The molecule has 0 fully saturated rings. The maximum atomic E-state index is 10.6. The molecule has 2 atom stereocenters. The van der Waals surface area contributed by atoms with Crippen molar-refractivity contribution in [3.05, 3.63) is 0 Å². The summed E-state index contributed by atoms with van der Waals surface area (Å²) in [5, 5.41) is 10.6. The van der Waals surface area contributed by atoms with Crippen LogP contribution in [0.1, 0.15) is 91.9 Å². The molecular formula is C17H36O2. The van der Waals surface area contributed by atoms with Gasteiger partial charge in [-0.2, -0.15) is 0 Å². The fraction of sp³-hybridized carbons (Fsp3) is 1.00. The summed E-state index contributed by atoms with van der Waals surface area (Å²) in [6, 6.07) is 0. The Bertz CT molecular complexity index is 190. The van der Waals surface area contributed by atoms with Gasteiger partial charge in [-0.05, 0) is 26.2 Å². The Labute approximate surface area is 120 Å². The predicted octanol–water partition coefficient (Wildman–Crippen LogP) is 5.29. The van der Waals surface area contributed by atoms with Crippen LogP contribution in [-0.2, 0) is 4.74 Å². The summed E-state index contributed by atoms with van der Waals surface area (Å²) in [7, 11) is 0. The fourth-order valence-electron chi connectivity index (χ4n) is 2.49. The van der Waals surface area contributed by atoms with Crippen LogP contribution in [0.2, 0.25) is 0 Å². The number of hydrogen-bond donors (Lipinski definition) is 1. The normalized spacial score (nSPS) is 16.3. The molecule has 1 N–H and O–H groups in total. The van der Waals surface area contributed by atoms with Gasteiger partial charge in [0.1, 0.15) is 0 Å². The van der Waals surface area contributed by atoms with E-state index in [1.807, 2.05) is 6.92 Å². The van der Waals surface area contributed by atoms with Crippen molar-refractivity contribution < 1.29 is 9.84 Å². The second-order valence-corrected chi connectivity index (χ2v) is 5.95. The van der Waals surface area contributed by atoms with Gasteiger partial charge in [0.25, 0.3) is 0 Å². The second kappa shape index (κ2) is 11.7. The van der Waals surface area contributed by atoms with Crippen LogP contribution >= 0.6 is 0 Å². The molecule has 19 heavy (non-hydrogen) atoms. The van der Waals surface area contributed by atoms with Crippen LogP contribution in [0.15, 0.2) is 0 Å². The van der Waals surface area contributed by atoms with Gasteiger partial charge < -0.3 is 9.84 Å². The van der Waals surface area contributed by atoms with E-state index in [0.29, 0.717) is 12.5 Å². The van der Waals surface area contributed by atoms with Crippen molar-refractivity contribution in [3.8, 4) is 0 Å². The lowest BCUT2D eigenvalue weighted by Gasteiger charge is -2.33. The molecule has 0 radical (unpaired) electrons. The van der Waals surface area contributed by atoms with Crippen LogP contribution in [0.4, 0.5) is 0 Å². The zero-order valence-corrected chi connectivity index (χ0v) is 13.7. The van der Waals surface area contributed by atoms with Gasteiger partial charge in [0.05, 0.1) is 6.61 Å². The van der Waals surface area contributed by atoms with E-state index in [1.165, 1.54) is 38.5 Å². The maximum Gasteiger partial charge on any atom is 0.165 e. The highest BCUT2D eigenvalue weighted by Gasteiger charge is 2.31. The molecule has 0 aromatic carbocycles. The first-order chi connectivity index (χ1) is 9.08. The molecule has 0 spiro atoms. The molecule has 0 saturated heterocycles. The molecule has 0 amide bonds. The quantitative estimate of drug-likeness (QED) is 0.365. The molecule has 0 aliphatic heterocycles. The molecule has 116 valence electrons. The van der Waals surface area contributed by atoms with E-state index in [2.05, 4.69) is 20.8 Å². The summed E-state index contributed by atoms with van der Waals surface area (Å²) < 4.78 is 5.74. The zero-order chi connectivity index (χ0) is 14.6. The summed E-state index contributed by atoms with van der Waals surface area (Å²) in [6.07, 6.45) is 11.8. The Morgan fingerprint density at radius 3 is 2.00 bits per heavy atom. The summed E-state index contributed by atoms with van der Waals surface area (Å²) in [5.74, 6) is -0.641. The first kappa shape index (κ1) is 18.9. The number of unbranched alkanes of at least 4 members (excludes halogenated alkanes) is 5. The van der Waals surface area contributed by atoms with Gasteiger partial charge in [0.15, 0.2) is 5.79 Å². The minimum absolute atomic E-state index is 0.293. The molecule has 0 rings (SSSR count). The number of aliphatic hydroxyl groups is 1. The Morgan fingerprint density at radius 2 is 1.42 bits per heavy atom. The molecule has 0 saturated carbocycles.